The highest BCUT2D eigenvalue weighted by Crippen LogP contribution is 2.26. The Bertz CT molecular complexity index is 386. The van der Waals surface area contributed by atoms with E-state index in [0.717, 1.165) is 13.1 Å². The quantitative estimate of drug-likeness (QED) is 0.881. The first kappa shape index (κ1) is 13.4. The molecule has 100 valence electrons. The van der Waals surface area contributed by atoms with Crippen LogP contribution in [0.5, 0.6) is 0 Å². The van der Waals surface area contributed by atoms with Crippen molar-refractivity contribution in [3.63, 3.8) is 0 Å². The van der Waals surface area contributed by atoms with Crippen LogP contribution >= 0.6 is 0 Å². The summed E-state index contributed by atoms with van der Waals surface area (Å²) in [5.74, 6) is 0.689. The van der Waals surface area contributed by atoms with E-state index in [1.54, 1.807) is 0 Å². The lowest BCUT2D eigenvalue weighted by molar-refractivity contribution is 0.325. The summed E-state index contributed by atoms with van der Waals surface area (Å²) in [5.41, 5.74) is 2.80. The molecule has 1 heterocycles. The highest BCUT2D eigenvalue weighted by Gasteiger charge is 2.28. The van der Waals surface area contributed by atoms with E-state index in [9.17, 15) is 0 Å². The minimum Gasteiger partial charge on any atom is -0.365 e. The second-order valence-corrected chi connectivity index (χ2v) is 5.76. The maximum atomic E-state index is 3.70. The molecule has 0 spiro atoms. The van der Waals surface area contributed by atoms with Crippen molar-refractivity contribution >= 4 is 5.69 Å². The Morgan fingerprint density at radius 3 is 2.67 bits per heavy atom. The van der Waals surface area contributed by atoms with Crippen LogP contribution in [0.1, 0.15) is 32.8 Å². The number of para-hydroxylation sites is 1. The number of rotatable bonds is 3. The van der Waals surface area contributed by atoms with Crippen molar-refractivity contribution in [3.05, 3.63) is 29.8 Å². The molecule has 2 atom stereocenters. The van der Waals surface area contributed by atoms with E-state index in [0.29, 0.717) is 18.0 Å². The highest BCUT2D eigenvalue weighted by atomic mass is 15.2. The summed E-state index contributed by atoms with van der Waals surface area (Å²) in [6.45, 7) is 11.3. The molecule has 1 aromatic carbocycles. The maximum Gasteiger partial charge on any atom is 0.0412 e. The Hall–Kier alpha value is -1.02. The minimum atomic E-state index is 0.604. The normalized spacial score (nSPS) is 24.6. The van der Waals surface area contributed by atoms with Crippen LogP contribution in [0.25, 0.3) is 0 Å². The molecule has 1 aliphatic rings. The lowest BCUT2D eigenvalue weighted by Crippen LogP contribution is -2.58. The lowest BCUT2D eigenvalue weighted by Gasteiger charge is -2.43. The summed E-state index contributed by atoms with van der Waals surface area (Å²) in [7, 11) is 0. The number of anilines is 1. The Labute approximate surface area is 111 Å². The first-order valence-electron chi connectivity index (χ1n) is 7.19. The number of nitrogens with zero attached hydrogens (tertiary/aromatic N) is 1. The average Bonchev–Trinajstić information content (AvgIpc) is 2.38. The topological polar surface area (TPSA) is 15.3 Å². The number of nitrogens with one attached hydrogen (secondary N) is 1. The van der Waals surface area contributed by atoms with Gasteiger partial charge in [0.15, 0.2) is 0 Å². The molecule has 18 heavy (non-hydrogen) atoms. The van der Waals surface area contributed by atoms with Gasteiger partial charge in [0.25, 0.3) is 0 Å². The summed E-state index contributed by atoms with van der Waals surface area (Å²) in [6, 6.07) is 9.99. The number of hydrogen-bond donors (Lipinski definition) is 1. The van der Waals surface area contributed by atoms with Gasteiger partial charge in [-0.2, -0.15) is 0 Å². The summed E-state index contributed by atoms with van der Waals surface area (Å²) < 4.78 is 0. The number of benzene rings is 1. The van der Waals surface area contributed by atoms with Crippen molar-refractivity contribution in [1.82, 2.24) is 5.32 Å². The van der Waals surface area contributed by atoms with E-state index in [-0.39, 0.29) is 0 Å². The molecule has 1 aromatic rings. The average molecular weight is 246 g/mol. The SMILES string of the molecule is CCC1CNC(C(C)C)CN1c1ccccc1C. The monoisotopic (exact) mass is 246 g/mol. The van der Waals surface area contributed by atoms with Gasteiger partial charge in [0.2, 0.25) is 0 Å². The molecule has 0 amide bonds. The smallest absolute Gasteiger partial charge is 0.0412 e. The third kappa shape index (κ3) is 2.69. The van der Waals surface area contributed by atoms with Gasteiger partial charge in [-0.3, -0.25) is 0 Å². The van der Waals surface area contributed by atoms with Crippen molar-refractivity contribution in [2.45, 2.75) is 46.2 Å². The van der Waals surface area contributed by atoms with Crippen LogP contribution in [0.2, 0.25) is 0 Å². The molecule has 2 unspecified atom stereocenters. The predicted octanol–water partition coefficient (Wildman–Crippen LogP) is 3.21. The largest absolute Gasteiger partial charge is 0.365 e. The minimum absolute atomic E-state index is 0.604. The van der Waals surface area contributed by atoms with Gasteiger partial charge < -0.3 is 10.2 Å². The molecule has 2 nitrogen and oxygen atoms in total. The van der Waals surface area contributed by atoms with Gasteiger partial charge in [-0.1, -0.05) is 39.0 Å². The Balaban J connectivity index is 2.24. The molecule has 1 fully saturated rings. The van der Waals surface area contributed by atoms with E-state index in [4.69, 9.17) is 0 Å². The zero-order valence-electron chi connectivity index (χ0n) is 12.1. The molecule has 0 bridgehead atoms. The van der Waals surface area contributed by atoms with Gasteiger partial charge in [-0.05, 0) is 30.9 Å². The van der Waals surface area contributed by atoms with Crippen LogP contribution in [-0.4, -0.2) is 25.2 Å². The molecule has 1 aliphatic heterocycles. The Morgan fingerprint density at radius 2 is 2.06 bits per heavy atom. The van der Waals surface area contributed by atoms with Gasteiger partial charge in [-0.15, -0.1) is 0 Å². The Kier molecular flexibility index (Phi) is 4.28. The fourth-order valence-corrected chi connectivity index (χ4v) is 2.82. The molecule has 0 aliphatic carbocycles. The van der Waals surface area contributed by atoms with Gasteiger partial charge in [0.1, 0.15) is 0 Å². The summed E-state index contributed by atoms with van der Waals surface area (Å²) in [6.07, 6.45) is 1.20. The maximum absolute atomic E-state index is 3.70. The third-order valence-corrected chi connectivity index (χ3v) is 4.15. The summed E-state index contributed by atoms with van der Waals surface area (Å²) in [4.78, 5) is 2.61. The van der Waals surface area contributed by atoms with Crippen molar-refractivity contribution in [2.24, 2.45) is 5.92 Å². The summed E-state index contributed by atoms with van der Waals surface area (Å²) >= 11 is 0. The van der Waals surface area contributed by atoms with Crippen molar-refractivity contribution in [3.8, 4) is 0 Å². The molecule has 1 N–H and O–H groups in total. The second kappa shape index (κ2) is 5.75. The van der Waals surface area contributed by atoms with Crippen LogP contribution in [-0.2, 0) is 0 Å². The molecule has 0 saturated carbocycles. The lowest BCUT2D eigenvalue weighted by atomic mass is 9.97. The van der Waals surface area contributed by atoms with Gasteiger partial charge in [-0.25, -0.2) is 0 Å². The zero-order chi connectivity index (χ0) is 13.1. The number of piperazine rings is 1. The number of hydrogen-bond acceptors (Lipinski definition) is 2. The van der Waals surface area contributed by atoms with Crippen LogP contribution in [0.4, 0.5) is 5.69 Å². The van der Waals surface area contributed by atoms with Crippen LogP contribution in [0.15, 0.2) is 24.3 Å². The highest BCUT2D eigenvalue weighted by molar-refractivity contribution is 5.54. The predicted molar refractivity (Wildman–Crippen MR) is 79.2 cm³/mol. The molecule has 0 radical (unpaired) electrons. The van der Waals surface area contributed by atoms with Gasteiger partial charge in [0.05, 0.1) is 0 Å². The Morgan fingerprint density at radius 1 is 1.33 bits per heavy atom. The fraction of sp³-hybridized carbons (Fsp3) is 0.625. The van der Waals surface area contributed by atoms with E-state index < -0.39 is 0 Å². The van der Waals surface area contributed by atoms with Crippen molar-refractivity contribution in [1.29, 1.82) is 0 Å². The second-order valence-electron chi connectivity index (χ2n) is 5.76. The molecule has 0 aromatic heterocycles. The number of aryl methyl sites for hydroxylation is 1. The van der Waals surface area contributed by atoms with Crippen molar-refractivity contribution < 1.29 is 0 Å². The van der Waals surface area contributed by atoms with Gasteiger partial charge >= 0.3 is 0 Å². The van der Waals surface area contributed by atoms with E-state index in [1.165, 1.54) is 17.7 Å². The first-order chi connectivity index (χ1) is 8.63. The van der Waals surface area contributed by atoms with Crippen LogP contribution < -0.4 is 10.2 Å². The van der Waals surface area contributed by atoms with E-state index in [1.807, 2.05) is 0 Å². The van der Waals surface area contributed by atoms with E-state index in [2.05, 4.69) is 62.2 Å². The standard InChI is InChI=1S/C16H26N2/c1-5-14-10-17-15(12(2)3)11-18(14)16-9-7-6-8-13(16)4/h6-9,12,14-15,17H,5,10-11H2,1-4H3. The summed E-state index contributed by atoms with van der Waals surface area (Å²) in [5, 5.41) is 3.70. The van der Waals surface area contributed by atoms with Crippen molar-refractivity contribution in [2.75, 3.05) is 18.0 Å². The fourth-order valence-electron chi connectivity index (χ4n) is 2.82. The zero-order valence-corrected chi connectivity index (χ0v) is 12.1. The molecular weight excluding hydrogens is 220 g/mol. The molecule has 2 rings (SSSR count). The first-order valence-corrected chi connectivity index (χ1v) is 7.19. The van der Waals surface area contributed by atoms with Crippen LogP contribution in [0.3, 0.4) is 0 Å². The van der Waals surface area contributed by atoms with Gasteiger partial charge in [0, 0.05) is 30.9 Å². The third-order valence-electron chi connectivity index (χ3n) is 4.15. The molecule has 1 saturated heterocycles. The molecular formula is C16H26N2. The van der Waals surface area contributed by atoms with E-state index >= 15 is 0 Å². The van der Waals surface area contributed by atoms with Crippen LogP contribution in [0, 0.1) is 12.8 Å². The molecule has 2 heteroatoms.